The van der Waals surface area contributed by atoms with Crippen molar-refractivity contribution in [2.24, 2.45) is 5.92 Å². The average molecular weight is 499 g/mol. The van der Waals surface area contributed by atoms with Crippen LogP contribution in [0.3, 0.4) is 0 Å². The van der Waals surface area contributed by atoms with Gasteiger partial charge in [-0.15, -0.1) is 0 Å². The first-order valence-electron chi connectivity index (χ1n) is 10.9. The van der Waals surface area contributed by atoms with Crippen molar-refractivity contribution >= 4 is 11.8 Å². The van der Waals surface area contributed by atoms with E-state index in [1.807, 2.05) is 0 Å². The van der Waals surface area contributed by atoms with Gasteiger partial charge in [-0.2, -0.15) is 13.2 Å². The van der Waals surface area contributed by atoms with Crippen LogP contribution in [-0.4, -0.2) is 36.1 Å². The minimum absolute atomic E-state index is 0.00865. The number of Topliss-reactive ketones (excluding diaryl/α,β-unsaturated/α-hetero) is 1. The highest BCUT2D eigenvalue weighted by Gasteiger charge is 2.78. The molecule has 36 heavy (non-hydrogen) atoms. The molecule has 0 amide bonds. The number of ketones is 1. The minimum Gasteiger partial charge on any atom is -0.495 e. The molecule has 5 rings (SSSR count). The standard InChI is InChI=1S/C26H20F3NO6/c1-34-17-12-30-13-18-21(17)24(33)22(31)19(23(32)35-2)20(14-6-4-3-5-7-14)25(24,36-18)15-8-10-16(11-9-15)26(27,28)29/h3-13,19-20,33H,1-2H3/t19-,20-,24+,25?/m1/s1. The average Bonchev–Trinajstić information content (AvgIpc) is 3.26. The Bertz CT molecular complexity index is 1340. The molecule has 0 saturated heterocycles. The Morgan fingerprint density at radius 3 is 2.31 bits per heavy atom. The van der Waals surface area contributed by atoms with E-state index < -0.39 is 46.5 Å². The number of carbonyl (C=O) groups is 2. The van der Waals surface area contributed by atoms with Gasteiger partial charge in [0.1, 0.15) is 17.4 Å². The lowest BCUT2D eigenvalue weighted by atomic mass is 9.70. The molecule has 0 spiro atoms. The van der Waals surface area contributed by atoms with E-state index in [1.165, 1.54) is 19.5 Å². The highest BCUT2D eigenvalue weighted by atomic mass is 19.4. The molecule has 1 saturated carbocycles. The monoisotopic (exact) mass is 499 g/mol. The second kappa shape index (κ2) is 8.06. The lowest BCUT2D eigenvalue weighted by molar-refractivity contribution is -0.155. The fraction of sp³-hybridized carbons (Fsp3) is 0.269. The quantitative estimate of drug-likeness (QED) is 0.432. The number of fused-ring (bicyclic) bond motifs is 3. The number of carbonyl (C=O) groups excluding carboxylic acids is 2. The Labute approximate surface area is 203 Å². The normalized spacial score (nSPS) is 26.7. The van der Waals surface area contributed by atoms with Crippen LogP contribution in [0.1, 0.15) is 28.2 Å². The summed E-state index contributed by atoms with van der Waals surface area (Å²) in [5, 5.41) is 12.3. The third-order valence-corrected chi connectivity index (χ3v) is 6.93. The number of nitrogens with zero attached hydrogens (tertiary/aromatic N) is 1. The number of aromatic nitrogens is 1. The highest BCUT2D eigenvalue weighted by Crippen LogP contribution is 2.68. The van der Waals surface area contributed by atoms with Crippen molar-refractivity contribution in [2.75, 3.05) is 14.2 Å². The van der Waals surface area contributed by atoms with E-state index in [2.05, 4.69) is 4.98 Å². The van der Waals surface area contributed by atoms with Crippen LogP contribution in [0.2, 0.25) is 0 Å². The first kappa shape index (κ1) is 23.8. The largest absolute Gasteiger partial charge is 0.495 e. The van der Waals surface area contributed by atoms with E-state index in [0.717, 1.165) is 31.4 Å². The van der Waals surface area contributed by atoms with Crippen molar-refractivity contribution in [2.45, 2.75) is 23.3 Å². The van der Waals surface area contributed by atoms with Gasteiger partial charge in [0.2, 0.25) is 5.60 Å². The van der Waals surface area contributed by atoms with Crippen molar-refractivity contribution in [1.29, 1.82) is 0 Å². The fourth-order valence-electron chi connectivity index (χ4n) is 5.46. The smallest absolute Gasteiger partial charge is 0.416 e. The van der Waals surface area contributed by atoms with E-state index >= 15 is 0 Å². The maximum atomic E-state index is 14.0. The number of halogens is 3. The van der Waals surface area contributed by atoms with E-state index in [1.54, 1.807) is 30.3 Å². The molecule has 3 aromatic rings. The van der Waals surface area contributed by atoms with Crippen molar-refractivity contribution in [3.63, 3.8) is 0 Å². The molecule has 10 heteroatoms. The van der Waals surface area contributed by atoms with Gasteiger partial charge in [0.25, 0.3) is 0 Å². The predicted octanol–water partition coefficient (Wildman–Crippen LogP) is 3.74. The number of benzene rings is 2. The summed E-state index contributed by atoms with van der Waals surface area (Å²) < 4.78 is 56.7. The van der Waals surface area contributed by atoms with Crippen LogP contribution in [-0.2, 0) is 31.7 Å². The van der Waals surface area contributed by atoms with Crippen LogP contribution in [0, 0.1) is 5.92 Å². The van der Waals surface area contributed by atoms with Crippen LogP contribution in [0.4, 0.5) is 13.2 Å². The molecule has 0 bridgehead atoms. The number of ether oxygens (including phenoxy) is 3. The summed E-state index contributed by atoms with van der Waals surface area (Å²) in [6, 6.07) is 12.3. The second-order valence-electron chi connectivity index (χ2n) is 8.59. The third-order valence-electron chi connectivity index (χ3n) is 6.93. The van der Waals surface area contributed by atoms with E-state index in [4.69, 9.17) is 14.2 Å². The molecule has 1 aromatic heterocycles. The first-order chi connectivity index (χ1) is 17.1. The molecule has 186 valence electrons. The molecule has 1 N–H and O–H groups in total. The molecular formula is C26H20F3NO6. The molecule has 0 radical (unpaired) electrons. The van der Waals surface area contributed by atoms with Gasteiger partial charge in [-0.05, 0) is 23.3 Å². The lowest BCUT2D eigenvalue weighted by Gasteiger charge is -2.39. The molecule has 1 fully saturated rings. The number of hydrogen-bond donors (Lipinski definition) is 1. The summed E-state index contributed by atoms with van der Waals surface area (Å²) in [5.41, 5.74) is -5.03. The van der Waals surface area contributed by atoms with E-state index in [-0.39, 0.29) is 22.6 Å². The number of rotatable bonds is 4. The maximum Gasteiger partial charge on any atom is 0.416 e. The van der Waals surface area contributed by atoms with Gasteiger partial charge in [0.15, 0.2) is 11.4 Å². The number of esters is 1. The Hall–Kier alpha value is -3.92. The molecule has 1 aliphatic heterocycles. The topological polar surface area (TPSA) is 95.0 Å². The molecule has 4 atom stereocenters. The van der Waals surface area contributed by atoms with Crippen molar-refractivity contribution in [3.8, 4) is 11.5 Å². The van der Waals surface area contributed by atoms with Gasteiger partial charge in [0, 0.05) is 0 Å². The Morgan fingerprint density at radius 1 is 1.06 bits per heavy atom. The zero-order valence-electron chi connectivity index (χ0n) is 19.1. The molecule has 1 unspecified atom stereocenters. The van der Waals surface area contributed by atoms with Crippen LogP contribution >= 0.6 is 0 Å². The predicted molar refractivity (Wildman–Crippen MR) is 118 cm³/mol. The number of hydrogen-bond acceptors (Lipinski definition) is 7. The number of pyridine rings is 1. The SMILES string of the molecule is COC(=O)[C@H]1C(=O)[C@@]2(O)c3c(OC)cncc3OC2(c2ccc(C(F)(F)F)cc2)[C@@H]1c1ccccc1. The summed E-state index contributed by atoms with van der Waals surface area (Å²) in [7, 11) is 2.42. The van der Waals surface area contributed by atoms with Crippen LogP contribution in [0.5, 0.6) is 11.5 Å². The highest BCUT2D eigenvalue weighted by molar-refractivity contribution is 6.09. The van der Waals surface area contributed by atoms with Gasteiger partial charge in [-0.3, -0.25) is 14.6 Å². The molecule has 2 aromatic carbocycles. The van der Waals surface area contributed by atoms with Gasteiger partial charge in [-0.25, -0.2) is 0 Å². The van der Waals surface area contributed by atoms with Crippen molar-refractivity contribution in [3.05, 3.63) is 89.2 Å². The number of alkyl halides is 3. The first-order valence-corrected chi connectivity index (χ1v) is 10.9. The maximum absolute atomic E-state index is 14.0. The van der Waals surface area contributed by atoms with E-state index in [9.17, 15) is 27.9 Å². The number of methoxy groups -OCH3 is 2. The summed E-state index contributed by atoms with van der Waals surface area (Å²) in [6.07, 6.45) is -2.06. The zero-order chi connectivity index (χ0) is 25.9. The Morgan fingerprint density at radius 2 is 1.72 bits per heavy atom. The molecular weight excluding hydrogens is 479 g/mol. The van der Waals surface area contributed by atoms with Crippen LogP contribution in [0.15, 0.2) is 67.0 Å². The molecule has 7 nitrogen and oxygen atoms in total. The summed E-state index contributed by atoms with van der Waals surface area (Å²) in [6.45, 7) is 0. The second-order valence-corrected chi connectivity index (χ2v) is 8.59. The van der Waals surface area contributed by atoms with Gasteiger partial charge in [0.05, 0.1) is 43.7 Å². The zero-order valence-corrected chi connectivity index (χ0v) is 19.1. The van der Waals surface area contributed by atoms with Gasteiger partial charge in [-0.1, -0.05) is 42.5 Å². The van der Waals surface area contributed by atoms with Crippen molar-refractivity contribution in [1.82, 2.24) is 4.98 Å². The molecule has 1 aliphatic carbocycles. The Balaban J connectivity index is 1.87. The van der Waals surface area contributed by atoms with Crippen LogP contribution < -0.4 is 9.47 Å². The summed E-state index contributed by atoms with van der Waals surface area (Å²) in [5.74, 6) is -4.51. The minimum atomic E-state index is -4.61. The fourth-order valence-corrected chi connectivity index (χ4v) is 5.46. The summed E-state index contributed by atoms with van der Waals surface area (Å²) in [4.78, 5) is 31.1. The lowest BCUT2D eigenvalue weighted by Crippen LogP contribution is -2.50. The summed E-state index contributed by atoms with van der Waals surface area (Å²) >= 11 is 0. The van der Waals surface area contributed by atoms with Gasteiger partial charge >= 0.3 is 12.1 Å². The number of aliphatic hydroxyl groups is 1. The van der Waals surface area contributed by atoms with Crippen LogP contribution in [0.25, 0.3) is 0 Å². The van der Waals surface area contributed by atoms with Gasteiger partial charge < -0.3 is 19.3 Å². The third kappa shape index (κ3) is 3.00. The Kier molecular flexibility index (Phi) is 5.33. The van der Waals surface area contributed by atoms with Crippen molar-refractivity contribution < 1.29 is 42.1 Å². The molecule has 2 aliphatic rings. The molecule has 2 heterocycles. The van der Waals surface area contributed by atoms with E-state index in [0.29, 0.717) is 5.56 Å².